The third kappa shape index (κ3) is 2.65. The summed E-state index contributed by atoms with van der Waals surface area (Å²) in [4.78, 5) is 11.9. The molecule has 1 N–H and O–H groups in total. The van der Waals surface area contributed by atoms with Crippen molar-refractivity contribution in [3.63, 3.8) is 0 Å². The first-order chi connectivity index (χ1) is 8.04. The van der Waals surface area contributed by atoms with Gasteiger partial charge in [0.1, 0.15) is 11.6 Å². The van der Waals surface area contributed by atoms with Gasteiger partial charge < -0.3 is 5.32 Å². The lowest BCUT2D eigenvalue weighted by Gasteiger charge is -2.41. The van der Waals surface area contributed by atoms with Gasteiger partial charge in [0, 0.05) is 17.0 Å². The van der Waals surface area contributed by atoms with Crippen molar-refractivity contribution in [2.75, 3.05) is 5.33 Å². The number of amides is 1. The van der Waals surface area contributed by atoms with Crippen molar-refractivity contribution in [1.82, 2.24) is 5.32 Å². The quantitative estimate of drug-likeness (QED) is 0.855. The molecule has 0 radical (unpaired) electrons. The van der Waals surface area contributed by atoms with Crippen molar-refractivity contribution in [3.8, 4) is 0 Å². The summed E-state index contributed by atoms with van der Waals surface area (Å²) in [5.41, 5.74) is -0.227. The summed E-state index contributed by atoms with van der Waals surface area (Å²) in [6.45, 7) is 0. The Bertz CT molecular complexity index is 420. The number of alkyl halides is 1. The predicted molar refractivity (Wildman–Crippen MR) is 64.2 cm³/mol. The number of benzene rings is 1. The van der Waals surface area contributed by atoms with Gasteiger partial charge >= 0.3 is 0 Å². The fraction of sp³-hybridized carbons (Fsp3) is 0.417. The highest BCUT2D eigenvalue weighted by atomic mass is 79.9. The van der Waals surface area contributed by atoms with E-state index in [1.807, 2.05) is 0 Å². The summed E-state index contributed by atoms with van der Waals surface area (Å²) in [5.74, 6) is -1.91. The first-order valence-electron chi connectivity index (χ1n) is 5.39. The van der Waals surface area contributed by atoms with Crippen LogP contribution >= 0.6 is 15.9 Å². The predicted octanol–water partition coefficient (Wildman–Crippen LogP) is 3.01. The Morgan fingerprint density at radius 3 is 2.29 bits per heavy atom. The average molecular weight is 304 g/mol. The van der Waals surface area contributed by atoms with E-state index in [1.165, 1.54) is 0 Å². The van der Waals surface area contributed by atoms with Crippen molar-refractivity contribution in [2.24, 2.45) is 0 Å². The average Bonchev–Trinajstić information content (AvgIpc) is 2.21. The van der Waals surface area contributed by atoms with Crippen LogP contribution in [0.15, 0.2) is 18.2 Å². The second-order valence-corrected chi connectivity index (χ2v) is 4.94. The number of carbonyl (C=O) groups excluding carboxylic acids is 1. The molecule has 0 heterocycles. The van der Waals surface area contributed by atoms with Gasteiger partial charge in [-0.25, -0.2) is 8.78 Å². The number of hydrogen-bond acceptors (Lipinski definition) is 1. The minimum atomic E-state index is -0.739. The topological polar surface area (TPSA) is 29.1 Å². The van der Waals surface area contributed by atoms with Crippen LogP contribution in [0.5, 0.6) is 0 Å². The van der Waals surface area contributed by atoms with Crippen LogP contribution in [0.1, 0.15) is 29.6 Å². The van der Waals surface area contributed by atoms with Crippen LogP contribution in [0.25, 0.3) is 0 Å². The molecule has 1 aliphatic carbocycles. The molecule has 5 heteroatoms. The molecule has 2 rings (SSSR count). The van der Waals surface area contributed by atoms with Crippen molar-refractivity contribution in [2.45, 2.75) is 24.8 Å². The molecule has 0 saturated heterocycles. The van der Waals surface area contributed by atoms with Crippen LogP contribution in [0.2, 0.25) is 0 Å². The zero-order chi connectivity index (χ0) is 12.5. The smallest absolute Gasteiger partial charge is 0.251 e. The van der Waals surface area contributed by atoms with Gasteiger partial charge in [-0.15, -0.1) is 0 Å². The van der Waals surface area contributed by atoms with E-state index >= 15 is 0 Å². The van der Waals surface area contributed by atoms with Crippen LogP contribution < -0.4 is 5.32 Å². The Hall–Kier alpha value is -0.970. The SMILES string of the molecule is O=C(NC1(CBr)CCC1)c1cc(F)cc(F)c1. The minimum Gasteiger partial charge on any atom is -0.346 e. The molecule has 1 saturated carbocycles. The number of halogens is 3. The van der Waals surface area contributed by atoms with E-state index < -0.39 is 17.5 Å². The number of rotatable bonds is 3. The minimum absolute atomic E-state index is 0.0229. The van der Waals surface area contributed by atoms with Crippen LogP contribution in [-0.2, 0) is 0 Å². The van der Waals surface area contributed by atoms with Gasteiger partial charge in [-0.3, -0.25) is 4.79 Å². The summed E-state index contributed by atoms with van der Waals surface area (Å²) in [6.07, 6.45) is 2.84. The summed E-state index contributed by atoms with van der Waals surface area (Å²) in [5, 5.41) is 3.49. The van der Waals surface area contributed by atoms with Crippen molar-refractivity contribution < 1.29 is 13.6 Å². The first kappa shape index (κ1) is 12.5. The molecule has 1 fully saturated rings. The van der Waals surface area contributed by atoms with E-state index in [0.29, 0.717) is 5.33 Å². The van der Waals surface area contributed by atoms with Gasteiger partial charge in [-0.05, 0) is 31.4 Å². The van der Waals surface area contributed by atoms with Crippen molar-refractivity contribution in [1.29, 1.82) is 0 Å². The molecule has 0 aromatic heterocycles. The fourth-order valence-corrected chi connectivity index (χ4v) is 2.59. The Kier molecular flexibility index (Phi) is 3.47. The molecule has 17 heavy (non-hydrogen) atoms. The largest absolute Gasteiger partial charge is 0.346 e. The molecule has 0 aliphatic heterocycles. The summed E-state index contributed by atoms with van der Waals surface area (Å²) in [7, 11) is 0. The molecule has 92 valence electrons. The standard InChI is InChI=1S/C12H12BrF2NO/c13-7-12(2-1-3-12)16-11(17)8-4-9(14)6-10(15)5-8/h4-6H,1-3,7H2,(H,16,17). The van der Waals surface area contributed by atoms with Gasteiger partial charge in [0.25, 0.3) is 5.91 Å². The normalized spacial score (nSPS) is 17.4. The zero-order valence-corrected chi connectivity index (χ0v) is 10.7. The van der Waals surface area contributed by atoms with Crippen LogP contribution in [0.3, 0.4) is 0 Å². The Morgan fingerprint density at radius 1 is 1.29 bits per heavy atom. The van der Waals surface area contributed by atoms with Crippen LogP contribution in [0.4, 0.5) is 8.78 Å². The molecule has 0 spiro atoms. The lowest BCUT2D eigenvalue weighted by molar-refractivity contribution is 0.0855. The Balaban J connectivity index is 2.14. The third-order valence-electron chi connectivity index (χ3n) is 3.07. The van der Waals surface area contributed by atoms with E-state index in [4.69, 9.17) is 0 Å². The molecule has 1 aliphatic rings. The lowest BCUT2D eigenvalue weighted by atomic mass is 9.78. The van der Waals surface area contributed by atoms with Crippen LogP contribution in [0, 0.1) is 11.6 Å². The number of carbonyl (C=O) groups is 1. The maximum Gasteiger partial charge on any atom is 0.251 e. The maximum absolute atomic E-state index is 13.0. The molecular formula is C12H12BrF2NO. The molecule has 0 unspecified atom stereocenters. The summed E-state index contributed by atoms with van der Waals surface area (Å²) < 4.78 is 25.9. The maximum atomic E-state index is 13.0. The first-order valence-corrected chi connectivity index (χ1v) is 6.51. The monoisotopic (exact) mass is 303 g/mol. The van der Waals surface area contributed by atoms with Gasteiger partial charge in [0.2, 0.25) is 0 Å². The molecule has 1 amide bonds. The highest BCUT2D eigenvalue weighted by Crippen LogP contribution is 2.33. The molecule has 2 nitrogen and oxygen atoms in total. The molecule has 0 bridgehead atoms. The molecule has 1 aromatic carbocycles. The van der Waals surface area contributed by atoms with Gasteiger partial charge in [-0.1, -0.05) is 15.9 Å². The highest BCUT2D eigenvalue weighted by molar-refractivity contribution is 9.09. The van der Waals surface area contributed by atoms with Crippen molar-refractivity contribution >= 4 is 21.8 Å². The fourth-order valence-electron chi connectivity index (χ4n) is 1.89. The van der Waals surface area contributed by atoms with Gasteiger partial charge in [-0.2, -0.15) is 0 Å². The highest BCUT2D eigenvalue weighted by Gasteiger charge is 2.37. The second-order valence-electron chi connectivity index (χ2n) is 4.38. The summed E-state index contributed by atoms with van der Waals surface area (Å²) in [6, 6.07) is 2.83. The second kappa shape index (κ2) is 4.72. The molecule has 0 atom stereocenters. The van der Waals surface area contributed by atoms with E-state index in [0.717, 1.165) is 37.5 Å². The Morgan fingerprint density at radius 2 is 1.88 bits per heavy atom. The van der Waals surface area contributed by atoms with Gasteiger partial charge in [0.05, 0.1) is 5.54 Å². The van der Waals surface area contributed by atoms with E-state index in [-0.39, 0.29) is 11.1 Å². The summed E-state index contributed by atoms with van der Waals surface area (Å²) >= 11 is 3.35. The number of nitrogens with one attached hydrogen (secondary N) is 1. The third-order valence-corrected chi connectivity index (χ3v) is 4.14. The van der Waals surface area contributed by atoms with Crippen molar-refractivity contribution in [3.05, 3.63) is 35.4 Å². The van der Waals surface area contributed by atoms with E-state index in [1.54, 1.807) is 0 Å². The van der Waals surface area contributed by atoms with Crippen LogP contribution in [-0.4, -0.2) is 16.8 Å². The molecular weight excluding hydrogens is 292 g/mol. The lowest BCUT2D eigenvalue weighted by Crippen LogP contribution is -2.54. The zero-order valence-electron chi connectivity index (χ0n) is 9.10. The Labute approximate surface area is 107 Å². The van der Waals surface area contributed by atoms with Gasteiger partial charge in [0.15, 0.2) is 0 Å². The van der Waals surface area contributed by atoms with E-state index in [9.17, 15) is 13.6 Å². The van der Waals surface area contributed by atoms with E-state index in [2.05, 4.69) is 21.2 Å². The number of hydrogen-bond donors (Lipinski definition) is 1. The molecule has 1 aromatic rings.